The molecule has 1 fully saturated rings. The molecule has 1 aliphatic rings. The average molecular weight is 432 g/mol. The van der Waals surface area contributed by atoms with Crippen molar-refractivity contribution in [3.8, 4) is 5.69 Å². The summed E-state index contributed by atoms with van der Waals surface area (Å²) in [5.74, 6) is -0.316. The molecule has 0 amide bonds. The van der Waals surface area contributed by atoms with Gasteiger partial charge in [0.25, 0.3) is 5.56 Å². The highest BCUT2D eigenvalue weighted by Gasteiger charge is 2.33. The third-order valence-electron chi connectivity index (χ3n) is 6.28. The fourth-order valence-corrected chi connectivity index (χ4v) is 4.42. The topological polar surface area (TPSA) is 63.3 Å². The summed E-state index contributed by atoms with van der Waals surface area (Å²) in [6, 6.07) is 18.1. The average Bonchev–Trinajstić information content (AvgIpc) is 3.24. The second-order valence-electron chi connectivity index (χ2n) is 8.56. The summed E-state index contributed by atoms with van der Waals surface area (Å²) in [5.41, 5.74) is 1.38. The van der Waals surface area contributed by atoms with Gasteiger partial charge < -0.3 is 9.67 Å². The zero-order valence-electron chi connectivity index (χ0n) is 17.7. The standard InChI is InChI=1S/C25H25FN4O2/c26-20-6-8-21(9-7-20)30-13-10-22-23(30)27-18-29(24(22)31)17-25(32)11-14-28(15-12-25)16-19-4-2-1-3-5-19/h1-10,13,18,32H,11-12,14-17H2. The molecule has 2 aromatic heterocycles. The summed E-state index contributed by atoms with van der Waals surface area (Å²) in [5, 5.41) is 11.6. The Morgan fingerprint density at radius 3 is 2.44 bits per heavy atom. The molecule has 5 rings (SSSR count). The van der Waals surface area contributed by atoms with Crippen molar-refractivity contribution in [1.82, 2.24) is 19.0 Å². The van der Waals surface area contributed by atoms with Gasteiger partial charge in [-0.1, -0.05) is 30.3 Å². The van der Waals surface area contributed by atoms with Crippen LogP contribution in [-0.2, 0) is 13.1 Å². The molecule has 6 nitrogen and oxygen atoms in total. The number of aromatic nitrogens is 3. The Morgan fingerprint density at radius 2 is 1.72 bits per heavy atom. The van der Waals surface area contributed by atoms with Crippen molar-refractivity contribution in [2.75, 3.05) is 13.1 Å². The summed E-state index contributed by atoms with van der Waals surface area (Å²) in [6.07, 6.45) is 4.45. The third kappa shape index (κ3) is 4.09. The van der Waals surface area contributed by atoms with Crippen LogP contribution in [0.2, 0.25) is 0 Å². The molecule has 0 bridgehead atoms. The number of likely N-dealkylation sites (tertiary alicyclic amines) is 1. The van der Waals surface area contributed by atoms with Gasteiger partial charge in [0, 0.05) is 31.5 Å². The summed E-state index contributed by atoms with van der Waals surface area (Å²) in [6.45, 7) is 2.63. The normalized spacial score (nSPS) is 16.4. The summed E-state index contributed by atoms with van der Waals surface area (Å²) >= 11 is 0. The van der Waals surface area contributed by atoms with Crippen molar-refractivity contribution in [1.29, 1.82) is 0 Å². The van der Waals surface area contributed by atoms with Crippen LogP contribution < -0.4 is 5.56 Å². The molecule has 4 aromatic rings. The van der Waals surface area contributed by atoms with Gasteiger partial charge in [0.1, 0.15) is 12.1 Å². The smallest absolute Gasteiger partial charge is 0.262 e. The maximum Gasteiger partial charge on any atom is 0.262 e. The lowest BCUT2D eigenvalue weighted by atomic mass is 9.91. The quantitative estimate of drug-likeness (QED) is 0.525. The molecule has 7 heteroatoms. The lowest BCUT2D eigenvalue weighted by molar-refractivity contribution is -0.0364. The van der Waals surface area contributed by atoms with E-state index in [1.54, 1.807) is 29.0 Å². The van der Waals surface area contributed by atoms with E-state index in [1.165, 1.54) is 28.6 Å². The van der Waals surface area contributed by atoms with E-state index in [0.29, 0.717) is 23.9 Å². The van der Waals surface area contributed by atoms with Gasteiger partial charge in [-0.2, -0.15) is 0 Å². The van der Waals surface area contributed by atoms with E-state index in [2.05, 4.69) is 22.0 Å². The van der Waals surface area contributed by atoms with E-state index in [1.807, 2.05) is 18.2 Å². The number of hydrogen-bond donors (Lipinski definition) is 1. The largest absolute Gasteiger partial charge is 0.388 e. The summed E-state index contributed by atoms with van der Waals surface area (Å²) in [7, 11) is 0. The minimum Gasteiger partial charge on any atom is -0.388 e. The molecule has 0 atom stereocenters. The first-order valence-corrected chi connectivity index (χ1v) is 10.8. The van der Waals surface area contributed by atoms with Gasteiger partial charge in [-0.25, -0.2) is 9.37 Å². The number of nitrogens with zero attached hydrogens (tertiary/aromatic N) is 4. The van der Waals surface area contributed by atoms with Gasteiger partial charge >= 0.3 is 0 Å². The molecule has 2 aromatic carbocycles. The first-order valence-electron chi connectivity index (χ1n) is 10.8. The molecule has 0 spiro atoms. The first-order chi connectivity index (χ1) is 15.5. The molecule has 1 aliphatic heterocycles. The van der Waals surface area contributed by atoms with Crippen LogP contribution >= 0.6 is 0 Å². The van der Waals surface area contributed by atoms with E-state index in [-0.39, 0.29) is 17.9 Å². The highest BCUT2D eigenvalue weighted by Crippen LogP contribution is 2.25. The highest BCUT2D eigenvalue weighted by atomic mass is 19.1. The van der Waals surface area contributed by atoms with Crippen LogP contribution in [-0.4, -0.2) is 42.8 Å². The van der Waals surface area contributed by atoms with Gasteiger partial charge in [-0.3, -0.25) is 14.3 Å². The lowest BCUT2D eigenvalue weighted by Crippen LogP contribution is -2.47. The van der Waals surface area contributed by atoms with Crippen LogP contribution in [0.1, 0.15) is 18.4 Å². The fourth-order valence-electron chi connectivity index (χ4n) is 4.42. The van der Waals surface area contributed by atoms with Crippen LogP contribution in [0.3, 0.4) is 0 Å². The predicted octanol–water partition coefficient (Wildman–Crippen LogP) is 3.35. The molecule has 3 heterocycles. The monoisotopic (exact) mass is 432 g/mol. The zero-order chi connectivity index (χ0) is 22.1. The molecule has 0 aliphatic carbocycles. The number of aliphatic hydroxyl groups is 1. The van der Waals surface area contributed by atoms with E-state index in [4.69, 9.17) is 0 Å². The maximum atomic E-state index is 13.2. The molecule has 1 N–H and O–H groups in total. The van der Waals surface area contributed by atoms with Crippen molar-refractivity contribution in [2.45, 2.75) is 31.5 Å². The number of piperidine rings is 1. The molecule has 0 saturated carbocycles. The number of benzene rings is 2. The number of fused-ring (bicyclic) bond motifs is 1. The third-order valence-corrected chi connectivity index (χ3v) is 6.28. The Bertz CT molecular complexity index is 1270. The summed E-state index contributed by atoms with van der Waals surface area (Å²) in [4.78, 5) is 19.9. The molecule has 0 radical (unpaired) electrons. The number of rotatable bonds is 5. The van der Waals surface area contributed by atoms with Gasteiger partial charge in [0.05, 0.1) is 17.5 Å². The number of hydrogen-bond acceptors (Lipinski definition) is 4. The van der Waals surface area contributed by atoms with E-state index >= 15 is 0 Å². The molecule has 1 saturated heterocycles. The molecular formula is C25H25FN4O2. The fraction of sp³-hybridized carbons (Fsp3) is 0.280. The van der Waals surface area contributed by atoms with Gasteiger partial charge in [-0.05, 0) is 48.7 Å². The second-order valence-corrected chi connectivity index (χ2v) is 8.56. The van der Waals surface area contributed by atoms with Gasteiger partial charge in [-0.15, -0.1) is 0 Å². The molecule has 164 valence electrons. The number of halogens is 1. The maximum absolute atomic E-state index is 13.2. The van der Waals surface area contributed by atoms with Crippen molar-refractivity contribution in [3.63, 3.8) is 0 Å². The Hall–Kier alpha value is -3.29. The van der Waals surface area contributed by atoms with E-state index < -0.39 is 5.60 Å². The molecular weight excluding hydrogens is 407 g/mol. The lowest BCUT2D eigenvalue weighted by Gasteiger charge is -2.38. The van der Waals surface area contributed by atoms with Crippen LogP contribution in [0.25, 0.3) is 16.7 Å². The summed E-state index contributed by atoms with van der Waals surface area (Å²) < 4.78 is 16.5. The minimum absolute atomic E-state index is 0.184. The SMILES string of the molecule is O=c1c2ccn(-c3ccc(F)cc3)c2ncn1CC1(O)CCN(Cc2ccccc2)CC1. The van der Waals surface area contributed by atoms with Crippen LogP contribution in [0.5, 0.6) is 0 Å². The zero-order valence-corrected chi connectivity index (χ0v) is 17.7. The second kappa shape index (κ2) is 8.33. The first kappa shape index (κ1) is 20.6. The van der Waals surface area contributed by atoms with Gasteiger partial charge in [0.15, 0.2) is 5.65 Å². The minimum atomic E-state index is -0.939. The Labute approximate surface area is 185 Å². The Balaban J connectivity index is 1.32. The van der Waals surface area contributed by atoms with Crippen LogP contribution in [0.15, 0.2) is 78.0 Å². The van der Waals surface area contributed by atoms with E-state index in [9.17, 15) is 14.3 Å². The Kier molecular flexibility index (Phi) is 5.36. The van der Waals surface area contributed by atoms with Crippen molar-refractivity contribution in [3.05, 3.63) is 94.9 Å². The van der Waals surface area contributed by atoms with Crippen molar-refractivity contribution in [2.24, 2.45) is 0 Å². The Morgan fingerprint density at radius 1 is 1.00 bits per heavy atom. The van der Waals surface area contributed by atoms with E-state index in [0.717, 1.165) is 25.3 Å². The van der Waals surface area contributed by atoms with Crippen LogP contribution in [0, 0.1) is 5.82 Å². The predicted molar refractivity (Wildman–Crippen MR) is 121 cm³/mol. The van der Waals surface area contributed by atoms with Crippen LogP contribution in [0.4, 0.5) is 4.39 Å². The molecule has 0 unspecified atom stereocenters. The van der Waals surface area contributed by atoms with Crippen molar-refractivity contribution < 1.29 is 9.50 Å². The van der Waals surface area contributed by atoms with Gasteiger partial charge in [0.2, 0.25) is 0 Å². The molecule has 32 heavy (non-hydrogen) atoms. The highest BCUT2D eigenvalue weighted by molar-refractivity contribution is 5.76. The van der Waals surface area contributed by atoms with Crippen molar-refractivity contribution >= 4 is 11.0 Å².